The Hall–Kier alpha value is -4.25. The molecule has 2 aromatic carbocycles. The maximum Gasteiger partial charge on any atom is 0.357 e. The van der Waals surface area contributed by atoms with Gasteiger partial charge in [-0.1, -0.05) is 43.3 Å². The van der Waals surface area contributed by atoms with Crippen LogP contribution in [0.4, 0.5) is 9.93 Å². The van der Waals surface area contributed by atoms with Gasteiger partial charge in [-0.2, -0.15) is 0 Å². The summed E-state index contributed by atoms with van der Waals surface area (Å²) in [7, 11) is 2.78. The zero-order valence-corrected chi connectivity index (χ0v) is 21.5. The Morgan fingerprint density at radius 2 is 1.86 bits per heavy atom. The van der Waals surface area contributed by atoms with Crippen LogP contribution in [-0.2, 0) is 14.3 Å². The molecule has 192 valence electrons. The number of esters is 1. The number of benzene rings is 2. The van der Waals surface area contributed by atoms with Crippen molar-refractivity contribution in [3.05, 3.63) is 76.3 Å². The SMILES string of the molecule is COC(=O)c1csc(NC(=O)C(C(C)c2ccccc2)N2C(=O)N[C@H](c3ccc(OC)c(C)c3)C2=O)n1. The Balaban J connectivity index is 1.67. The Labute approximate surface area is 217 Å². The van der Waals surface area contributed by atoms with Crippen LogP contribution in [-0.4, -0.2) is 54.0 Å². The molecule has 1 aliphatic heterocycles. The molecule has 3 atom stereocenters. The maximum atomic E-state index is 13.6. The van der Waals surface area contributed by atoms with Crippen LogP contribution in [0, 0.1) is 6.92 Å². The Bertz CT molecular complexity index is 1340. The number of carbonyl (C=O) groups is 4. The van der Waals surface area contributed by atoms with Gasteiger partial charge in [-0.15, -0.1) is 11.3 Å². The molecule has 10 nitrogen and oxygen atoms in total. The van der Waals surface area contributed by atoms with Crippen molar-refractivity contribution in [2.45, 2.75) is 31.8 Å². The van der Waals surface area contributed by atoms with Crippen molar-refractivity contribution in [3.8, 4) is 5.75 Å². The second-order valence-corrected chi connectivity index (χ2v) is 9.34. The molecule has 2 heterocycles. The minimum atomic E-state index is -1.19. The van der Waals surface area contributed by atoms with E-state index in [9.17, 15) is 19.2 Å². The molecular weight excluding hydrogens is 496 g/mol. The molecule has 0 saturated carbocycles. The number of methoxy groups -OCH3 is 2. The number of amides is 4. The molecular formula is C26H26N4O6S. The predicted octanol–water partition coefficient (Wildman–Crippen LogP) is 3.65. The van der Waals surface area contributed by atoms with Crippen molar-refractivity contribution in [3.63, 3.8) is 0 Å². The second kappa shape index (κ2) is 10.8. The number of rotatable bonds is 8. The minimum Gasteiger partial charge on any atom is -0.496 e. The first-order valence-corrected chi connectivity index (χ1v) is 12.3. The van der Waals surface area contributed by atoms with Crippen molar-refractivity contribution >= 4 is 40.3 Å². The molecule has 0 spiro atoms. The van der Waals surface area contributed by atoms with Crippen LogP contribution < -0.4 is 15.4 Å². The van der Waals surface area contributed by atoms with Gasteiger partial charge in [-0.05, 0) is 35.7 Å². The summed E-state index contributed by atoms with van der Waals surface area (Å²) >= 11 is 1.03. The second-order valence-electron chi connectivity index (χ2n) is 8.48. The highest BCUT2D eigenvalue weighted by Gasteiger charge is 2.47. The molecule has 3 aromatic rings. The molecule has 4 rings (SSSR count). The normalized spacial score (nSPS) is 16.6. The van der Waals surface area contributed by atoms with Gasteiger partial charge in [-0.25, -0.2) is 19.5 Å². The van der Waals surface area contributed by atoms with E-state index in [1.54, 1.807) is 32.2 Å². The van der Waals surface area contributed by atoms with Crippen molar-refractivity contribution in [1.29, 1.82) is 0 Å². The van der Waals surface area contributed by atoms with Crippen LogP contribution in [0.15, 0.2) is 53.9 Å². The zero-order valence-electron chi connectivity index (χ0n) is 20.7. The molecule has 4 amide bonds. The number of urea groups is 1. The van der Waals surface area contributed by atoms with E-state index >= 15 is 0 Å². The largest absolute Gasteiger partial charge is 0.496 e. The molecule has 11 heteroatoms. The van der Waals surface area contributed by atoms with Crippen LogP contribution in [0.1, 0.15) is 46.1 Å². The number of carbonyl (C=O) groups excluding carboxylic acids is 4. The van der Waals surface area contributed by atoms with E-state index in [0.717, 1.165) is 27.4 Å². The van der Waals surface area contributed by atoms with Gasteiger partial charge in [0.05, 0.1) is 14.2 Å². The monoisotopic (exact) mass is 522 g/mol. The third-order valence-electron chi connectivity index (χ3n) is 6.20. The average molecular weight is 523 g/mol. The number of thiazole rings is 1. The minimum absolute atomic E-state index is 0.0420. The van der Waals surface area contributed by atoms with Crippen molar-refractivity contribution < 1.29 is 28.7 Å². The molecule has 2 N–H and O–H groups in total. The number of nitrogens with zero attached hydrogens (tertiary/aromatic N) is 2. The lowest BCUT2D eigenvalue weighted by atomic mass is 9.91. The van der Waals surface area contributed by atoms with Crippen molar-refractivity contribution in [1.82, 2.24) is 15.2 Å². The number of hydrogen-bond acceptors (Lipinski definition) is 8. The van der Waals surface area contributed by atoms with Crippen LogP contribution in [0.25, 0.3) is 0 Å². The molecule has 0 aliphatic carbocycles. The van der Waals surface area contributed by atoms with Gasteiger partial charge >= 0.3 is 12.0 Å². The molecule has 37 heavy (non-hydrogen) atoms. The molecule has 1 aromatic heterocycles. The highest BCUT2D eigenvalue weighted by Crippen LogP contribution is 2.32. The van der Waals surface area contributed by atoms with E-state index in [2.05, 4.69) is 20.4 Å². The number of hydrogen-bond donors (Lipinski definition) is 2. The number of nitrogens with one attached hydrogen (secondary N) is 2. The first-order chi connectivity index (χ1) is 17.7. The Morgan fingerprint density at radius 1 is 1.14 bits per heavy atom. The van der Waals surface area contributed by atoms with E-state index in [1.807, 2.05) is 37.3 Å². The molecule has 0 radical (unpaired) electrons. The van der Waals surface area contributed by atoms with Crippen LogP contribution in [0.3, 0.4) is 0 Å². The quantitative estimate of drug-likeness (QED) is 0.342. The summed E-state index contributed by atoms with van der Waals surface area (Å²) in [5.74, 6) is -1.70. The molecule has 1 aliphatic rings. The standard InChI is InChI=1S/C26H26N4O6S/c1-14-12-17(10-11-19(14)35-3)20-23(32)30(26(34)28-20)21(15(2)16-8-6-5-7-9-16)22(31)29-25-27-18(13-37-25)24(33)36-4/h5-13,15,20-21H,1-4H3,(H,28,34)(H,27,29,31)/t15?,20-,21?/m1/s1. The predicted molar refractivity (Wildman–Crippen MR) is 137 cm³/mol. The fourth-order valence-electron chi connectivity index (χ4n) is 4.28. The fourth-order valence-corrected chi connectivity index (χ4v) is 4.96. The molecule has 1 fully saturated rings. The number of ether oxygens (including phenoxy) is 2. The number of imide groups is 1. The summed E-state index contributed by atoms with van der Waals surface area (Å²) in [6, 6.07) is 11.5. The third kappa shape index (κ3) is 5.17. The summed E-state index contributed by atoms with van der Waals surface area (Å²) in [5, 5.41) is 6.96. The van der Waals surface area contributed by atoms with Crippen molar-refractivity contribution in [2.24, 2.45) is 0 Å². The van der Waals surface area contributed by atoms with Crippen LogP contribution in [0.5, 0.6) is 5.75 Å². The van der Waals surface area contributed by atoms with Gasteiger partial charge in [0, 0.05) is 11.3 Å². The van der Waals surface area contributed by atoms with Crippen LogP contribution in [0.2, 0.25) is 0 Å². The highest BCUT2D eigenvalue weighted by atomic mass is 32.1. The van der Waals surface area contributed by atoms with E-state index < -0.39 is 41.8 Å². The topological polar surface area (TPSA) is 127 Å². The van der Waals surface area contributed by atoms with Gasteiger partial charge in [0.1, 0.15) is 17.8 Å². The van der Waals surface area contributed by atoms with Gasteiger partial charge in [-0.3, -0.25) is 9.59 Å². The van der Waals surface area contributed by atoms with Gasteiger partial charge in [0.25, 0.3) is 5.91 Å². The van der Waals surface area contributed by atoms with E-state index in [1.165, 1.54) is 12.5 Å². The molecule has 1 saturated heterocycles. The van der Waals surface area contributed by atoms with Gasteiger partial charge < -0.3 is 20.1 Å². The lowest BCUT2D eigenvalue weighted by Gasteiger charge is -2.29. The zero-order chi connectivity index (χ0) is 26.7. The van der Waals surface area contributed by atoms with Crippen molar-refractivity contribution in [2.75, 3.05) is 19.5 Å². The third-order valence-corrected chi connectivity index (χ3v) is 6.96. The Kier molecular flexibility index (Phi) is 7.53. The summed E-state index contributed by atoms with van der Waals surface area (Å²) in [6.45, 7) is 3.61. The fraction of sp³-hybridized carbons (Fsp3) is 0.269. The van der Waals surface area contributed by atoms with E-state index in [-0.39, 0.29) is 10.8 Å². The lowest BCUT2D eigenvalue weighted by Crippen LogP contribution is -2.50. The smallest absolute Gasteiger partial charge is 0.357 e. The summed E-state index contributed by atoms with van der Waals surface area (Å²) in [6.07, 6.45) is 0. The molecule has 2 unspecified atom stereocenters. The van der Waals surface area contributed by atoms with E-state index in [0.29, 0.717) is 11.3 Å². The summed E-state index contributed by atoms with van der Waals surface area (Å²) < 4.78 is 9.96. The number of anilines is 1. The molecule has 0 bridgehead atoms. The maximum absolute atomic E-state index is 13.6. The Morgan fingerprint density at radius 3 is 2.51 bits per heavy atom. The highest BCUT2D eigenvalue weighted by molar-refractivity contribution is 7.14. The first kappa shape index (κ1) is 25.8. The number of aryl methyl sites for hydroxylation is 1. The van der Waals surface area contributed by atoms with E-state index in [4.69, 9.17) is 4.74 Å². The average Bonchev–Trinajstić information content (AvgIpc) is 3.48. The van der Waals surface area contributed by atoms with Crippen LogP contribution >= 0.6 is 11.3 Å². The lowest BCUT2D eigenvalue weighted by molar-refractivity contribution is -0.134. The summed E-state index contributed by atoms with van der Waals surface area (Å²) in [4.78, 5) is 57.2. The van der Waals surface area contributed by atoms with Gasteiger partial charge in [0.15, 0.2) is 10.8 Å². The first-order valence-electron chi connectivity index (χ1n) is 11.4. The van der Waals surface area contributed by atoms with Gasteiger partial charge in [0.2, 0.25) is 5.91 Å². The number of aromatic nitrogens is 1. The summed E-state index contributed by atoms with van der Waals surface area (Å²) in [5.41, 5.74) is 2.19.